The minimum Gasteiger partial charge on any atom is -0.494 e. The van der Waals surface area contributed by atoms with Gasteiger partial charge in [0.05, 0.1) is 22.9 Å². The number of nitrogens with zero attached hydrogens (tertiary/aromatic N) is 5. The van der Waals surface area contributed by atoms with Gasteiger partial charge in [-0.1, -0.05) is 18.2 Å². The van der Waals surface area contributed by atoms with E-state index in [2.05, 4.69) is 37.6 Å². The minimum absolute atomic E-state index is 0.0246. The summed E-state index contributed by atoms with van der Waals surface area (Å²) in [5, 5.41) is 9.21. The summed E-state index contributed by atoms with van der Waals surface area (Å²) in [5.74, 6) is 0.565. The Morgan fingerprint density at radius 2 is 1.84 bits per heavy atom. The van der Waals surface area contributed by atoms with E-state index in [1.54, 1.807) is 39.2 Å². The lowest BCUT2D eigenvalue weighted by molar-refractivity contribution is 0.239. The molecule has 2 aromatic carbocycles. The molecule has 1 aliphatic rings. The second-order valence-electron chi connectivity index (χ2n) is 9.37. The molecule has 0 radical (unpaired) electrons. The topological polar surface area (TPSA) is 148 Å². The third-order valence-corrected chi connectivity index (χ3v) is 8.70. The van der Waals surface area contributed by atoms with Crippen LogP contribution < -0.4 is 26.0 Å². The Kier molecular flexibility index (Phi) is 8.07. The summed E-state index contributed by atoms with van der Waals surface area (Å²) >= 11 is 0. The summed E-state index contributed by atoms with van der Waals surface area (Å²) < 4.78 is 32.1. The average molecular weight is 543 g/mol. The molecular weight excluding hydrogens is 508 g/mol. The monoisotopic (exact) mass is 542 g/mol. The van der Waals surface area contributed by atoms with Gasteiger partial charge in [0.15, 0.2) is 9.84 Å². The highest BCUT2D eigenvalue weighted by Crippen LogP contribution is 2.32. The number of likely N-dealkylation sites (N-methyl/N-ethyl adjacent to an activating group) is 1. The predicted molar refractivity (Wildman–Crippen MR) is 147 cm³/mol. The molecular formula is C25H34N8O4S. The molecule has 1 aromatic heterocycles. The van der Waals surface area contributed by atoms with E-state index in [4.69, 9.17) is 10.5 Å². The van der Waals surface area contributed by atoms with Crippen LogP contribution >= 0.6 is 0 Å². The van der Waals surface area contributed by atoms with Crippen LogP contribution in [-0.2, 0) is 16.4 Å². The summed E-state index contributed by atoms with van der Waals surface area (Å²) in [6.45, 7) is 7.00. The van der Waals surface area contributed by atoms with Gasteiger partial charge in [-0.05, 0) is 44.7 Å². The van der Waals surface area contributed by atoms with Crippen LogP contribution in [0.15, 0.2) is 47.4 Å². The molecule has 4 rings (SSSR count). The van der Waals surface area contributed by atoms with E-state index < -0.39 is 21.1 Å². The van der Waals surface area contributed by atoms with Crippen LogP contribution in [0.5, 0.6) is 5.75 Å². The first-order valence-corrected chi connectivity index (χ1v) is 13.9. The van der Waals surface area contributed by atoms with Crippen molar-refractivity contribution in [2.75, 3.05) is 56.3 Å². The number of benzene rings is 2. The van der Waals surface area contributed by atoms with Crippen LogP contribution in [-0.4, -0.2) is 79.7 Å². The molecule has 4 N–H and O–H groups in total. The van der Waals surface area contributed by atoms with E-state index in [1.165, 1.54) is 6.07 Å². The second-order valence-corrected chi connectivity index (χ2v) is 11.8. The SMILES string of the molecule is COc1cc(N2CCN(C)CC2)ccc1Nc1nc(N)nn1C(=O)NCc1ccccc1S(=O)(=O)C(C)C. The van der Waals surface area contributed by atoms with E-state index in [-0.39, 0.29) is 23.3 Å². The van der Waals surface area contributed by atoms with Gasteiger partial charge in [-0.15, -0.1) is 9.78 Å². The standard InChI is InChI=1S/C25H34N8O4S/c1-17(2)38(35,36)22-8-6-5-7-18(22)16-27-25(34)33-24(29-23(26)30-33)28-20-10-9-19(15-21(20)37-4)32-13-11-31(3)12-14-32/h5-10,15,17H,11-14,16H2,1-4H3,(H,27,34)(H3,26,28,29,30). The number of anilines is 4. The minimum atomic E-state index is -3.53. The number of carbonyl (C=O) groups is 1. The molecule has 0 spiro atoms. The molecule has 1 aliphatic heterocycles. The highest BCUT2D eigenvalue weighted by molar-refractivity contribution is 7.92. The van der Waals surface area contributed by atoms with Crippen LogP contribution in [0.2, 0.25) is 0 Å². The smallest absolute Gasteiger partial charge is 0.345 e. The van der Waals surface area contributed by atoms with E-state index in [0.29, 0.717) is 17.0 Å². The number of hydrogen-bond donors (Lipinski definition) is 3. The maximum absolute atomic E-state index is 13.0. The Labute approximate surface area is 222 Å². The molecule has 0 saturated carbocycles. The second kappa shape index (κ2) is 11.3. The van der Waals surface area contributed by atoms with Crippen molar-refractivity contribution in [1.29, 1.82) is 0 Å². The Balaban J connectivity index is 1.51. The van der Waals surface area contributed by atoms with Crippen LogP contribution in [0.4, 0.5) is 28.1 Å². The molecule has 0 atom stereocenters. The Morgan fingerprint density at radius 1 is 1.13 bits per heavy atom. The Hall–Kier alpha value is -3.84. The van der Waals surface area contributed by atoms with Gasteiger partial charge in [0, 0.05) is 44.5 Å². The fourth-order valence-electron chi connectivity index (χ4n) is 4.14. The summed E-state index contributed by atoms with van der Waals surface area (Å²) in [6, 6.07) is 11.7. The lowest BCUT2D eigenvalue weighted by atomic mass is 10.2. The number of rotatable bonds is 8. The number of nitrogens with two attached hydrogens (primary N) is 1. The van der Waals surface area contributed by atoms with E-state index in [0.717, 1.165) is 36.5 Å². The van der Waals surface area contributed by atoms with Crippen LogP contribution in [0, 0.1) is 0 Å². The number of nitrogens with one attached hydrogen (secondary N) is 2. The van der Waals surface area contributed by atoms with Gasteiger partial charge in [-0.25, -0.2) is 13.2 Å². The maximum atomic E-state index is 13.0. The van der Waals surface area contributed by atoms with E-state index >= 15 is 0 Å². The lowest BCUT2D eigenvalue weighted by Crippen LogP contribution is -2.44. The molecule has 12 nitrogen and oxygen atoms in total. The third-order valence-electron chi connectivity index (χ3n) is 6.45. The van der Waals surface area contributed by atoms with Gasteiger partial charge in [-0.2, -0.15) is 4.98 Å². The predicted octanol–water partition coefficient (Wildman–Crippen LogP) is 2.30. The molecule has 204 valence electrons. The first kappa shape index (κ1) is 27.2. The van der Waals surface area contributed by atoms with Crippen LogP contribution in [0.3, 0.4) is 0 Å². The molecule has 1 amide bonds. The fraction of sp³-hybridized carbons (Fsp3) is 0.400. The summed E-state index contributed by atoms with van der Waals surface area (Å²) in [4.78, 5) is 21.9. The van der Waals surface area contributed by atoms with Crippen molar-refractivity contribution in [2.45, 2.75) is 30.5 Å². The molecule has 2 heterocycles. The average Bonchev–Trinajstić information content (AvgIpc) is 3.28. The highest BCUT2D eigenvalue weighted by atomic mass is 32.2. The number of sulfone groups is 1. The van der Waals surface area contributed by atoms with Crippen molar-refractivity contribution >= 4 is 39.1 Å². The number of ether oxygens (including phenoxy) is 1. The highest BCUT2D eigenvalue weighted by Gasteiger charge is 2.23. The van der Waals surface area contributed by atoms with Crippen LogP contribution in [0.1, 0.15) is 19.4 Å². The number of hydrogen-bond acceptors (Lipinski definition) is 10. The van der Waals surface area contributed by atoms with Crippen molar-refractivity contribution in [3.05, 3.63) is 48.0 Å². The molecule has 0 bridgehead atoms. The van der Waals surface area contributed by atoms with Crippen molar-refractivity contribution < 1.29 is 17.9 Å². The molecule has 13 heteroatoms. The van der Waals surface area contributed by atoms with Gasteiger partial charge in [0.2, 0.25) is 11.9 Å². The van der Waals surface area contributed by atoms with Gasteiger partial charge in [-0.3, -0.25) is 0 Å². The zero-order valence-electron chi connectivity index (χ0n) is 22.0. The zero-order valence-corrected chi connectivity index (χ0v) is 22.8. The molecule has 0 unspecified atom stereocenters. The van der Waals surface area contributed by atoms with Crippen molar-refractivity contribution in [1.82, 2.24) is 25.0 Å². The number of nitrogen functional groups attached to an aromatic ring is 1. The van der Waals surface area contributed by atoms with Crippen molar-refractivity contribution in [3.63, 3.8) is 0 Å². The normalized spacial score (nSPS) is 14.5. The summed E-state index contributed by atoms with van der Waals surface area (Å²) in [5.41, 5.74) is 7.90. The number of amides is 1. The third kappa shape index (κ3) is 5.83. The number of carbonyl (C=O) groups excluding carboxylic acids is 1. The first-order chi connectivity index (χ1) is 18.1. The fourth-order valence-corrected chi connectivity index (χ4v) is 5.42. The maximum Gasteiger partial charge on any atom is 0.345 e. The number of methoxy groups -OCH3 is 1. The number of piperazine rings is 1. The van der Waals surface area contributed by atoms with Gasteiger partial charge >= 0.3 is 6.03 Å². The molecule has 1 fully saturated rings. The van der Waals surface area contributed by atoms with Crippen molar-refractivity contribution in [2.24, 2.45) is 0 Å². The van der Waals surface area contributed by atoms with E-state index in [1.807, 2.05) is 18.2 Å². The quantitative estimate of drug-likeness (QED) is 0.387. The Morgan fingerprint density at radius 3 is 2.53 bits per heavy atom. The largest absolute Gasteiger partial charge is 0.494 e. The van der Waals surface area contributed by atoms with Gasteiger partial charge in [0.25, 0.3) is 0 Å². The van der Waals surface area contributed by atoms with E-state index in [9.17, 15) is 13.2 Å². The molecule has 0 aliphatic carbocycles. The summed E-state index contributed by atoms with van der Waals surface area (Å²) in [7, 11) is 0.153. The Bertz CT molecular complexity index is 1400. The van der Waals surface area contributed by atoms with Crippen molar-refractivity contribution in [3.8, 4) is 5.75 Å². The molecule has 38 heavy (non-hydrogen) atoms. The molecule has 3 aromatic rings. The van der Waals surface area contributed by atoms with Gasteiger partial charge in [0.1, 0.15) is 5.75 Å². The summed E-state index contributed by atoms with van der Waals surface area (Å²) in [6.07, 6.45) is 0. The first-order valence-electron chi connectivity index (χ1n) is 12.3. The molecule has 1 saturated heterocycles. The lowest BCUT2D eigenvalue weighted by Gasteiger charge is -2.34. The zero-order chi connectivity index (χ0) is 27.4. The number of aromatic nitrogens is 3. The van der Waals surface area contributed by atoms with Crippen LogP contribution in [0.25, 0.3) is 0 Å². The van der Waals surface area contributed by atoms with Gasteiger partial charge < -0.3 is 30.9 Å².